The zero-order valence-electron chi connectivity index (χ0n) is 7.67. The highest BCUT2D eigenvalue weighted by Gasteiger charge is 1.97. The highest BCUT2D eigenvalue weighted by Crippen LogP contribution is 2.09. The number of hydrogen-bond donors (Lipinski definition) is 0. The quantitative estimate of drug-likeness (QED) is 0.580. The Labute approximate surface area is 74.6 Å². The zero-order valence-corrected chi connectivity index (χ0v) is 7.67. The second-order valence-electron chi connectivity index (χ2n) is 3.44. The van der Waals surface area contributed by atoms with E-state index in [1.807, 2.05) is 12.1 Å². The van der Waals surface area contributed by atoms with Crippen LogP contribution >= 0.6 is 0 Å². The van der Waals surface area contributed by atoms with E-state index in [-0.39, 0.29) is 0 Å². The van der Waals surface area contributed by atoms with E-state index in [0.29, 0.717) is 5.92 Å². The summed E-state index contributed by atoms with van der Waals surface area (Å²) in [6.45, 7) is 4.42. The largest absolute Gasteiger partial charge is 0.115 e. The fraction of sp³-hybridized carbons (Fsp3) is 0.333. The number of rotatable bonds is 2. The fourth-order valence-corrected chi connectivity index (χ4v) is 1.26. The molecule has 1 aromatic carbocycles. The third-order valence-electron chi connectivity index (χ3n) is 1.74. The molecule has 0 heteroatoms. The molecular formula is C12H14. The Morgan fingerprint density at radius 1 is 1.42 bits per heavy atom. The molecule has 0 saturated heterocycles. The molecule has 1 rings (SSSR count). The molecular weight excluding hydrogens is 144 g/mol. The lowest BCUT2D eigenvalue weighted by Crippen LogP contribution is -1.93. The van der Waals surface area contributed by atoms with Gasteiger partial charge in [-0.1, -0.05) is 31.9 Å². The lowest BCUT2D eigenvalue weighted by Gasteiger charge is -2.04. The van der Waals surface area contributed by atoms with Crippen molar-refractivity contribution >= 4 is 0 Å². The maximum atomic E-state index is 5.30. The third-order valence-corrected chi connectivity index (χ3v) is 1.74. The molecule has 0 saturated carbocycles. The van der Waals surface area contributed by atoms with E-state index in [2.05, 4.69) is 31.9 Å². The summed E-state index contributed by atoms with van der Waals surface area (Å²) in [5.74, 6) is 3.33. The molecule has 0 radical (unpaired) electrons. The SMILES string of the molecule is C#Cc1cccc(CC(C)C)c1. The predicted octanol–water partition coefficient (Wildman–Crippen LogP) is 2.87. The van der Waals surface area contributed by atoms with Crippen LogP contribution in [0.4, 0.5) is 0 Å². The maximum Gasteiger partial charge on any atom is 0.0245 e. The molecule has 1 aromatic rings. The number of terminal acetylenes is 1. The highest BCUT2D eigenvalue weighted by molar-refractivity contribution is 5.35. The molecule has 0 nitrogen and oxygen atoms in total. The minimum absolute atomic E-state index is 0.693. The van der Waals surface area contributed by atoms with Crippen LogP contribution in [0.1, 0.15) is 25.0 Å². The van der Waals surface area contributed by atoms with E-state index in [4.69, 9.17) is 6.42 Å². The molecule has 12 heavy (non-hydrogen) atoms. The summed E-state index contributed by atoms with van der Waals surface area (Å²) in [5, 5.41) is 0. The van der Waals surface area contributed by atoms with E-state index >= 15 is 0 Å². The van der Waals surface area contributed by atoms with Gasteiger partial charge in [-0.2, -0.15) is 0 Å². The second kappa shape index (κ2) is 3.97. The first-order valence-electron chi connectivity index (χ1n) is 4.28. The van der Waals surface area contributed by atoms with Gasteiger partial charge in [0.2, 0.25) is 0 Å². The Bertz CT molecular complexity index is 289. The first-order chi connectivity index (χ1) is 5.72. The Balaban J connectivity index is 2.81. The molecule has 0 aliphatic heterocycles. The van der Waals surface area contributed by atoms with Gasteiger partial charge in [0.15, 0.2) is 0 Å². The van der Waals surface area contributed by atoms with Gasteiger partial charge in [-0.3, -0.25) is 0 Å². The molecule has 0 aliphatic rings. The van der Waals surface area contributed by atoms with Crippen molar-refractivity contribution in [1.82, 2.24) is 0 Å². The Morgan fingerprint density at radius 2 is 2.17 bits per heavy atom. The molecule has 0 aromatic heterocycles. The van der Waals surface area contributed by atoms with Crippen LogP contribution < -0.4 is 0 Å². The molecule has 0 amide bonds. The van der Waals surface area contributed by atoms with Gasteiger partial charge < -0.3 is 0 Å². The molecule has 0 atom stereocenters. The average Bonchev–Trinajstić information content (AvgIpc) is 2.03. The second-order valence-corrected chi connectivity index (χ2v) is 3.44. The summed E-state index contributed by atoms with van der Waals surface area (Å²) in [6.07, 6.45) is 6.41. The van der Waals surface area contributed by atoms with Gasteiger partial charge in [-0.05, 0) is 30.0 Å². The topological polar surface area (TPSA) is 0 Å². The first kappa shape index (κ1) is 8.87. The van der Waals surface area contributed by atoms with Crippen molar-refractivity contribution < 1.29 is 0 Å². The van der Waals surface area contributed by atoms with Gasteiger partial charge in [0.25, 0.3) is 0 Å². The molecule has 0 heterocycles. The summed E-state index contributed by atoms with van der Waals surface area (Å²) in [7, 11) is 0. The lowest BCUT2D eigenvalue weighted by molar-refractivity contribution is 0.647. The molecule has 0 N–H and O–H groups in total. The van der Waals surface area contributed by atoms with Gasteiger partial charge in [0, 0.05) is 5.56 Å². The van der Waals surface area contributed by atoms with Gasteiger partial charge >= 0.3 is 0 Å². The monoisotopic (exact) mass is 158 g/mol. The summed E-state index contributed by atoms with van der Waals surface area (Å²) in [6, 6.07) is 8.19. The van der Waals surface area contributed by atoms with Crippen LogP contribution in [0.2, 0.25) is 0 Å². The van der Waals surface area contributed by atoms with Crippen LogP contribution in [0.3, 0.4) is 0 Å². The Kier molecular flexibility index (Phi) is 2.94. The van der Waals surface area contributed by atoms with E-state index < -0.39 is 0 Å². The van der Waals surface area contributed by atoms with Gasteiger partial charge in [0.05, 0.1) is 0 Å². The van der Waals surface area contributed by atoms with Crippen molar-refractivity contribution in [2.45, 2.75) is 20.3 Å². The average molecular weight is 158 g/mol. The van der Waals surface area contributed by atoms with Crippen molar-refractivity contribution in [3.8, 4) is 12.3 Å². The third kappa shape index (κ3) is 2.43. The van der Waals surface area contributed by atoms with Crippen molar-refractivity contribution in [3.05, 3.63) is 35.4 Å². The zero-order chi connectivity index (χ0) is 8.97. The van der Waals surface area contributed by atoms with Gasteiger partial charge in [-0.15, -0.1) is 6.42 Å². The van der Waals surface area contributed by atoms with Crippen LogP contribution in [0.25, 0.3) is 0 Å². The molecule has 0 bridgehead atoms. The Hall–Kier alpha value is -1.22. The predicted molar refractivity (Wildman–Crippen MR) is 52.9 cm³/mol. The van der Waals surface area contributed by atoms with E-state index in [0.717, 1.165) is 12.0 Å². The van der Waals surface area contributed by atoms with Crippen LogP contribution in [0.5, 0.6) is 0 Å². The van der Waals surface area contributed by atoms with Crippen LogP contribution in [-0.4, -0.2) is 0 Å². The maximum absolute atomic E-state index is 5.30. The van der Waals surface area contributed by atoms with Crippen LogP contribution in [0, 0.1) is 18.3 Å². The smallest absolute Gasteiger partial charge is 0.0245 e. The summed E-state index contributed by atoms with van der Waals surface area (Å²) in [5.41, 5.74) is 2.31. The summed E-state index contributed by atoms with van der Waals surface area (Å²) < 4.78 is 0. The molecule has 0 fully saturated rings. The van der Waals surface area contributed by atoms with Crippen molar-refractivity contribution in [2.24, 2.45) is 5.92 Å². The molecule has 0 unspecified atom stereocenters. The Morgan fingerprint density at radius 3 is 2.75 bits per heavy atom. The van der Waals surface area contributed by atoms with E-state index in [1.165, 1.54) is 5.56 Å². The standard InChI is InChI=1S/C12H14/c1-4-11-6-5-7-12(9-11)8-10(2)3/h1,5-7,9-10H,8H2,2-3H3. The fourth-order valence-electron chi connectivity index (χ4n) is 1.26. The van der Waals surface area contributed by atoms with Crippen molar-refractivity contribution in [2.75, 3.05) is 0 Å². The molecule has 0 spiro atoms. The number of benzene rings is 1. The van der Waals surface area contributed by atoms with Crippen LogP contribution in [0.15, 0.2) is 24.3 Å². The highest BCUT2D eigenvalue weighted by atomic mass is 14.0. The van der Waals surface area contributed by atoms with Crippen molar-refractivity contribution in [1.29, 1.82) is 0 Å². The number of hydrogen-bond acceptors (Lipinski definition) is 0. The van der Waals surface area contributed by atoms with Crippen LogP contribution in [-0.2, 0) is 6.42 Å². The summed E-state index contributed by atoms with van der Waals surface area (Å²) >= 11 is 0. The minimum Gasteiger partial charge on any atom is -0.115 e. The normalized spacial score (nSPS) is 9.83. The lowest BCUT2D eigenvalue weighted by atomic mass is 10.0. The van der Waals surface area contributed by atoms with Gasteiger partial charge in [0.1, 0.15) is 0 Å². The minimum atomic E-state index is 0.693. The van der Waals surface area contributed by atoms with Gasteiger partial charge in [-0.25, -0.2) is 0 Å². The van der Waals surface area contributed by atoms with E-state index in [1.54, 1.807) is 0 Å². The summed E-state index contributed by atoms with van der Waals surface area (Å²) in [4.78, 5) is 0. The molecule has 0 aliphatic carbocycles. The first-order valence-corrected chi connectivity index (χ1v) is 4.28. The van der Waals surface area contributed by atoms with E-state index in [9.17, 15) is 0 Å². The van der Waals surface area contributed by atoms with Crippen molar-refractivity contribution in [3.63, 3.8) is 0 Å². The molecule has 62 valence electrons.